The summed E-state index contributed by atoms with van der Waals surface area (Å²) in [5.41, 5.74) is 4.06. The number of hydrogen-bond acceptors (Lipinski definition) is 9. The first-order valence-electron chi connectivity index (χ1n) is 15.4. The molecule has 0 unspecified atom stereocenters. The summed E-state index contributed by atoms with van der Waals surface area (Å²) in [5.74, 6) is 1.63. The number of nitriles is 1. The number of halogens is 1. The highest BCUT2D eigenvalue weighted by atomic mass is 35.5. The fraction of sp³-hybridized carbons (Fsp3) is 0.441. The molecule has 1 aromatic heterocycles. The van der Waals surface area contributed by atoms with Crippen molar-refractivity contribution in [2.75, 3.05) is 58.5 Å². The van der Waals surface area contributed by atoms with Crippen LogP contribution in [0.2, 0.25) is 5.02 Å². The van der Waals surface area contributed by atoms with Crippen LogP contribution in [-0.2, 0) is 11.2 Å². The third-order valence-corrected chi connectivity index (χ3v) is 9.56. The van der Waals surface area contributed by atoms with Crippen LogP contribution in [0.15, 0.2) is 42.5 Å². The number of ether oxygens (including phenoxy) is 3. The highest BCUT2D eigenvalue weighted by Crippen LogP contribution is 2.46. The number of hydrogen-bond donors (Lipinski definition) is 1. The fourth-order valence-corrected chi connectivity index (χ4v) is 7.26. The number of methoxy groups -OCH3 is 1. The predicted octanol–water partition coefficient (Wildman–Crippen LogP) is 5.22. The van der Waals surface area contributed by atoms with Gasteiger partial charge in [0.1, 0.15) is 18.2 Å². The van der Waals surface area contributed by atoms with E-state index in [4.69, 9.17) is 35.8 Å². The number of benzene rings is 3. The Bertz CT molecular complexity index is 1740. The molecule has 9 nitrogen and oxygen atoms in total. The molecule has 4 heterocycles. The van der Waals surface area contributed by atoms with E-state index in [1.165, 1.54) is 0 Å². The van der Waals surface area contributed by atoms with Gasteiger partial charge in [-0.25, -0.2) is 0 Å². The molecule has 2 saturated heterocycles. The van der Waals surface area contributed by atoms with Gasteiger partial charge in [0, 0.05) is 61.3 Å². The molecule has 0 saturated carbocycles. The Morgan fingerprint density at radius 1 is 1.14 bits per heavy atom. The van der Waals surface area contributed by atoms with Gasteiger partial charge in [0.2, 0.25) is 0 Å². The average molecular weight is 613 g/mol. The van der Waals surface area contributed by atoms with E-state index in [2.05, 4.69) is 58.6 Å². The number of likely N-dealkylation sites (tertiary alicyclic amines) is 1. The summed E-state index contributed by atoms with van der Waals surface area (Å²) in [6, 6.07) is 17.4. The van der Waals surface area contributed by atoms with Crippen LogP contribution in [0.4, 0.5) is 5.82 Å². The normalized spacial score (nSPS) is 22.1. The molecule has 0 amide bonds. The highest BCUT2D eigenvalue weighted by Gasteiger charge is 2.32. The Morgan fingerprint density at radius 3 is 2.82 bits per heavy atom. The third-order valence-electron chi connectivity index (χ3n) is 9.25. The van der Waals surface area contributed by atoms with E-state index in [1.807, 2.05) is 12.1 Å². The summed E-state index contributed by atoms with van der Waals surface area (Å²) in [6.07, 6.45) is 3.33. The van der Waals surface area contributed by atoms with E-state index in [9.17, 15) is 5.26 Å². The van der Waals surface area contributed by atoms with E-state index < -0.39 is 0 Å². The second-order valence-corrected chi connectivity index (χ2v) is 12.4. The molecule has 10 heteroatoms. The lowest BCUT2D eigenvalue weighted by molar-refractivity contribution is 0.111. The van der Waals surface area contributed by atoms with Gasteiger partial charge < -0.3 is 24.4 Å². The summed E-state index contributed by atoms with van der Waals surface area (Å²) in [7, 11) is 3.86. The lowest BCUT2D eigenvalue weighted by Gasteiger charge is -2.35. The molecule has 1 N–H and O–H groups in total. The number of rotatable bonds is 7. The zero-order valence-corrected chi connectivity index (χ0v) is 25.9. The molecule has 0 aliphatic carbocycles. The molecule has 3 aliphatic heterocycles. The average Bonchev–Trinajstić information content (AvgIpc) is 3.42. The van der Waals surface area contributed by atoms with Crippen molar-refractivity contribution >= 4 is 39.1 Å². The number of piperazine rings is 1. The van der Waals surface area contributed by atoms with Gasteiger partial charge in [-0.3, -0.25) is 4.90 Å². The summed E-state index contributed by atoms with van der Waals surface area (Å²) in [6.45, 7) is 4.14. The maximum atomic E-state index is 9.42. The van der Waals surface area contributed by atoms with Gasteiger partial charge in [-0.2, -0.15) is 15.2 Å². The van der Waals surface area contributed by atoms with Gasteiger partial charge in [-0.15, -0.1) is 0 Å². The molecule has 3 aliphatic rings. The van der Waals surface area contributed by atoms with Crippen molar-refractivity contribution < 1.29 is 14.2 Å². The Balaban J connectivity index is 1.39. The molecule has 0 bridgehead atoms. The summed E-state index contributed by atoms with van der Waals surface area (Å²) in [5, 5.41) is 16.6. The number of nitrogens with zero attached hydrogens (tertiary/aromatic N) is 5. The lowest BCUT2D eigenvalue weighted by Crippen LogP contribution is -2.51. The smallest absolute Gasteiger partial charge is 0.319 e. The topological polar surface area (TPSA) is 95.8 Å². The first-order valence-corrected chi connectivity index (χ1v) is 15.8. The maximum Gasteiger partial charge on any atom is 0.319 e. The largest absolute Gasteiger partial charge is 0.492 e. The molecular weight excluding hydrogens is 576 g/mol. The third kappa shape index (κ3) is 5.41. The molecule has 44 heavy (non-hydrogen) atoms. The van der Waals surface area contributed by atoms with Crippen LogP contribution in [-0.4, -0.2) is 86.6 Å². The number of likely N-dealkylation sites (N-methyl/N-ethyl adjacent to an activating group) is 1. The molecule has 2 fully saturated rings. The summed E-state index contributed by atoms with van der Waals surface area (Å²) >= 11 is 6.82. The van der Waals surface area contributed by atoms with Crippen LogP contribution in [0.1, 0.15) is 24.8 Å². The van der Waals surface area contributed by atoms with Crippen molar-refractivity contribution in [3.63, 3.8) is 0 Å². The van der Waals surface area contributed by atoms with Crippen LogP contribution in [0, 0.1) is 11.3 Å². The van der Waals surface area contributed by atoms with Gasteiger partial charge in [0.15, 0.2) is 0 Å². The number of nitrogens with one attached hydrogen (secondary N) is 1. The highest BCUT2D eigenvalue weighted by molar-refractivity contribution is 6.36. The minimum absolute atomic E-state index is 0.0510. The molecule has 3 aromatic carbocycles. The predicted molar refractivity (Wildman–Crippen MR) is 173 cm³/mol. The van der Waals surface area contributed by atoms with Gasteiger partial charge in [-0.05, 0) is 55.0 Å². The minimum Gasteiger partial charge on any atom is -0.492 e. The minimum atomic E-state index is 0.0510. The fourth-order valence-electron chi connectivity index (χ4n) is 6.98. The van der Waals surface area contributed by atoms with Crippen molar-refractivity contribution in [3.8, 4) is 29.0 Å². The molecule has 7 rings (SSSR count). The van der Waals surface area contributed by atoms with Crippen LogP contribution >= 0.6 is 11.6 Å². The van der Waals surface area contributed by atoms with Crippen molar-refractivity contribution in [1.82, 2.24) is 20.2 Å². The molecule has 0 radical (unpaired) electrons. The van der Waals surface area contributed by atoms with Crippen LogP contribution in [0.25, 0.3) is 32.8 Å². The second kappa shape index (κ2) is 12.4. The van der Waals surface area contributed by atoms with Crippen molar-refractivity contribution in [1.29, 1.82) is 5.26 Å². The van der Waals surface area contributed by atoms with Gasteiger partial charge in [0.05, 0.1) is 36.1 Å². The first-order chi connectivity index (χ1) is 21.5. The SMILES string of the molecule is CO[C@@H]1C[C@H](COc2nc(N3CCN[C@@H](CC#N)C3)c3c4c(c(-c5cccc6cccc(Cl)c56)cc3n2)CCCO4)N(C)C1. The molecular formula is C34H37ClN6O3. The quantitative estimate of drug-likeness (QED) is 0.301. The zero-order chi connectivity index (χ0) is 30.2. The van der Waals surface area contributed by atoms with Crippen LogP contribution in [0.5, 0.6) is 11.8 Å². The van der Waals surface area contributed by atoms with Crippen molar-refractivity contribution in [3.05, 3.63) is 53.1 Å². The Morgan fingerprint density at radius 2 is 2.00 bits per heavy atom. The maximum absolute atomic E-state index is 9.42. The lowest BCUT2D eigenvalue weighted by atomic mass is 9.89. The number of fused-ring (bicyclic) bond motifs is 4. The number of anilines is 1. The van der Waals surface area contributed by atoms with E-state index >= 15 is 0 Å². The number of aromatic nitrogens is 2. The van der Waals surface area contributed by atoms with Gasteiger partial charge in [0.25, 0.3) is 0 Å². The summed E-state index contributed by atoms with van der Waals surface area (Å²) < 4.78 is 18.5. The Labute approximate surface area is 262 Å². The molecule has 3 atom stereocenters. The Hall–Kier alpha value is -3.68. The van der Waals surface area contributed by atoms with E-state index in [-0.39, 0.29) is 18.2 Å². The van der Waals surface area contributed by atoms with Crippen LogP contribution in [0.3, 0.4) is 0 Å². The zero-order valence-electron chi connectivity index (χ0n) is 25.2. The monoisotopic (exact) mass is 612 g/mol. The summed E-state index contributed by atoms with van der Waals surface area (Å²) in [4.78, 5) is 14.6. The molecule has 4 aromatic rings. The van der Waals surface area contributed by atoms with E-state index in [0.717, 1.165) is 93.9 Å². The standard InChI is InChI=1S/C34H37ClN6O3/c1-40-19-24(42-2)16-23(40)20-44-34-38-29-17-27(25-8-3-6-21-7-4-10-28(35)30(21)25)26-9-5-15-43-32(26)31(29)33(39-34)41-14-13-37-22(18-41)11-12-36/h3-4,6-8,10,17,22-24,37H,5,9,11,13-16,18-20H2,1-2H3/t22-,23+,24+/m0/s1. The van der Waals surface area contributed by atoms with Crippen LogP contribution < -0.4 is 19.7 Å². The second-order valence-electron chi connectivity index (χ2n) is 12.0. The van der Waals surface area contributed by atoms with Crippen molar-refractivity contribution in [2.45, 2.75) is 43.9 Å². The van der Waals surface area contributed by atoms with Crippen molar-refractivity contribution in [2.24, 2.45) is 0 Å². The van der Waals surface area contributed by atoms with Gasteiger partial charge >= 0.3 is 6.01 Å². The Kier molecular flexibility index (Phi) is 8.17. The van der Waals surface area contributed by atoms with E-state index in [0.29, 0.717) is 32.2 Å². The van der Waals surface area contributed by atoms with E-state index in [1.54, 1.807) is 7.11 Å². The first kappa shape index (κ1) is 29.1. The van der Waals surface area contributed by atoms with Gasteiger partial charge in [-0.1, -0.05) is 41.9 Å². The molecule has 228 valence electrons. The molecule has 0 spiro atoms.